The predicted molar refractivity (Wildman–Crippen MR) is 90.3 cm³/mol. The highest BCUT2D eigenvalue weighted by Crippen LogP contribution is 2.12. The molecule has 7 nitrogen and oxygen atoms in total. The maximum atomic E-state index is 12.2. The Morgan fingerprint density at radius 3 is 2.33 bits per heavy atom. The molecule has 1 heterocycles. The van der Waals surface area contributed by atoms with Crippen molar-refractivity contribution in [3.8, 4) is 0 Å². The molecule has 0 atom stereocenters. The smallest absolute Gasteiger partial charge is 0.337 e. The maximum absolute atomic E-state index is 12.2. The number of anilines is 2. The van der Waals surface area contributed by atoms with Crippen LogP contribution in [0.3, 0.4) is 0 Å². The SMILES string of the molecule is COCCNc1ccc(C(=O)Nc2ccc(C(=O)OC)cc2)nc1. The summed E-state index contributed by atoms with van der Waals surface area (Å²) in [5, 5.41) is 5.84. The normalized spacial score (nSPS) is 10.1. The van der Waals surface area contributed by atoms with Gasteiger partial charge in [0, 0.05) is 19.3 Å². The fourth-order valence-electron chi connectivity index (χ4n) is 1.93. The molecule has 1 aromatic carbocycles. The summed E-state index contributed by atoms with van der Waals surface area (Å²) in [5.41, 5.74) is 2.09. The number of hydrogen-bond acceptors (Lipinski definition) is 6. The monoisotopic (exact) mass is 329 g/mol. The van der Waals surface area contributed by atoms with Crippen LogP contribution in [0, 0.1) is 0 Å². The van der Waals surface area contributed by atoms with E-state index in [0.29, 0.717) is 30.1 Å². The number of rotatable bonds is 7. The molecule has 2 aromatic rings. The minimum Gasteiger partial charge on any atom is -0.465 e. The zero-order valence-electron chi connectivity index (χ0n) is 13.5. The molecule has 126 valence electrons. The Bertz CT molecular complexity index is 684. The second-order valence-corrected chi connectivity index (χ2v) is 4.87. The quantitative estimate of drug-likeness (QED) is 0.598. The average Bonchev–Trinajstić information content (AvgIpc) is 2.62. The number of methoxy groups -OCH3 is 2. The second kappa shape index (κ2) is 8.64. The number of carbonyl (C=O) groups excluding carboxylic acids is 2. The molecule has 0 aliphatic carbocycles. The third kappa shape index (κ3) is 4.79. The van der Waals surface area contributed by atoms with Crippen molar-refractivity contribution in [2.75, 3.05) is 38.0 Å². The van der Waals surface area contributed by atoms with Crippen LogP contribution < -0.4 is 10.6 Å². The minimum absolute atomic E-state index is 0.296. The molecular weight excluding hydrogens is 310 g/mol. The lowest BCUT2D eigenvalue weighted by Gasteiger charge is -2.07. The van der Waals surface area contributed by atoms with E-state index < -0.39 is 5.97 Å². The van der Waals surface area contributed by atoms with Crippen LogP contribution >= 0.6 is 0 Å². The Morgan fingerprint density at radius 1 is 1.04 bits per heavy atom. The molecule has 0 saturated heterocycles. The molecule has 7 heteroatoms. The molecule has 0 spiro atoms. The van der Waals surface area contributed by atoms with E-state index in [1.807, 2.05) is 0 Å². The standard InChI is InChI=1S/C17H19N3O4/c1-23-10-9-18-14-7-8-15(19-11-14)16(21)20-13-5-3-12(4-6-13)17(22)24-2/h3-8,11,18H,9-10H2,1-2H3,(H,20,21). The van der Waals surface area contributed by atoms with E-state index in [0.717, 1.165) is 5.69 Å². The molecule has 0 saturated carbocycles. The van der Waals surface area contributed by atoms with Gasteiger partial charge in [-0.15, -0.1) is 0 Å². The van der Waals surface area contributed by atoms with Crippen molar-refractivity contribution in [1.29, 1.82) is 0 Å². The number of nitrogens with one attached hydrogen (secondary N) is 2. The van der Waals surface area contributed by atoms with E-state index in [1.165, 1.54) is 7.11 Å². The largest absolute Gasteiger partial charge is 0.465 e. The van der Waals surface area contributed by atoms with Crippen molar-refractivity contribution < 1.29 is 19.1 Å². The minimum atomic E-state index is -0.425. The number of aromatic nitrogens is 1. The van der Waals surface area contributed by atoms with Gasteiger partial charge in [0.05, 0.1) is 31.2 Å². The zero-order valence-corrected chi connectivity index (χ0v) is 13.5. The van der Waals surface area contributed by atoms with Crippen LogP contribution in [0.15, 0.2) is 42.6 Å². The van der Waals surface area contributed by atoms with Crippen LogP contribution in [-0.4, -0.2) is 44.2 Å². The molecule has 0 fully saturated rings. The molecule has 0 aliphatic rings. The highest BCUT2D eigenvalue weighted by Gasteiger charge is 2.09. The molecule has 0 unspecified atom stereocenters. The molecule has 24 heavy (non-hydrogen) atoms. The molecule has 1 aromatic heterocycles. The average molecular weight is 329 g/mol. The first-order valence-corrected chi connectivity index (χ1v) is 7.32. The van der Waals surface area contributed by atoms with Gasteiger partial charge in [-0.2, -0.15) is 0 Å². The predicted octanol–water partition coefficient (Wildman–Crippen LogP) is 2.18. The lowest BCUT2D eigenvalue weighted by molar-refractivity contribution is 0.0600. The van der Waals surface area contributed by atoms with Gasteiger partial charge in [-0.1, -0.05) is 0 Å². The van der Waals surface area contributed by atoms with Crippen LogP contribution in [0.2, 0.25) is 0 Å². The van der Waals surface area contributed by atoms with Crippen LogP contribution in [0.1, 0.15) is 20.8 Å². The lowest BCUT2D eigenvalue weighted by atomic mass is 10.2. The van der Waals surface area contributed by atoms with Crippen molar-refractivity contribution in [2.45, 2.75) is 0 Å². The third-order valence-electron chi connectivity index (χ3n) is 3.20. The fourth-order valence-corrected chi connectivity index (χ4v) is 1.93. The van der Waals surface area contributed by atoms with E-state index in [4.69, 9.17) is 4.74 Å². The number of esters is 1. The Labute approximate surface area is 140 Å². The Kier molecular flexibility index (Phi) is 6.27. The van der Waals surface area contributed by atoms with Crippen LogP contribution in [-0.2, 0) is 9.47 Å². The molecule has 2 rings (SSSR count). The highest BCUT2D eigenvalue weighted by molar-refractivity contribution is 6.03. The van der Waals surface area contributed by atoms with E-state index >= 15 is 0 Å². The summed E-state index contributed by atoms with van der Waals surface area (Å²) in [7, 11) is 2.95. The lowest BCUT2D eigenvalue weighted by Crippen LogP contribution is -2.14. The number of nitrogens with zero attached hydrogens (tertiary/aromatic N) is 1. The molecular formula is C17H19N3O4. The van der Waals surface area contributed by atoms with Gasteiger partial charge in [-0.25, -0.2) is 9.78 Å². The molecule has 0 bridgehead atoms. The Morgan fingerprint density at radius 2 is 1.75 bits per heavy atom. The van der Waals surface area contributed by atoms with Crippen molar-refractivity contribution in [3.05, 3.63) is 53.9 Å². The van der Waals surface area contributed by atoms with Gasteiger partial charge in [-0.05, 0) is 36.4 Å². The maximum Gasteiger partial charge on any atom is 0.337 e. The summed E-state index contributed by atoms with van der Waals surface area (Å²) < 4.78 is 9.57. The zero-order chi connectivity index (χ0) is 17.4. The van der Waals surface area contributed by atoms with E-state index in [-0.39, 0.29) is 5.91 Å². The number of amides is 1. The first-order chi connectivity index (χ1) is 11.6. The number of carbonyl (C=O) groups is 2. The van der Waals surface area contributed by atoms with Crippen molar-refractivity contribution in [1.82, 2.24) is 4.98 Å². The summed E-state index contributed by atoms with van der Waals surface area (Å²) >= 11 is 0. The number of ether oxygens (including phenoxy) is 2. The first kappa shape index (κ1) is 17.4. The van der Waals surface area contributed by atoms with Crippen LogP contribution in [0.5, 0.6) is 0 Å². The summed E-state index contributed by atoms with van der Waals surface area (Å²) in [5.74, 6) is -0.754. The van der Waals surface area contributed by atoms with Crippen LogP contribution in [0.4, 0.5) is 11.4 Å². The summed E-state index contributed by atoms with van der Waals surface area (Å²) in [6.07, 6.45) is 1.59. The van der Waals surface area contributed by atoms with Crippen molar-refractivity contribution in [2.24, 2.45) is 0 Å². The molecule has 2 N–H and O–H groups in total. The number of benzene rings is 1. The van der Waals surface area contributed by atoms with Gasteiger partial charge in [0.15, 0.2) is 0 Å². The van der Waals surface area contributed by atoms with Crippen molar-refractivity contribution >= 4 is 23.3 Å². The van der Waals surface area contributed by atoms with Gasteiger partial charge >= 0.3 is 5.97 Å². The number of hydrogen-bond donors (Lipinski definition) is 2. The highest BCUT2D eigenvalue weighted by atomic mass is 16.5. The first-order valence-electron chi connectivity index (χ1n) is 7.32. The summed E-state index contributed by atoms with van der Waals surface area (Å²) in [6, 6.07) is 9.83. The second-order valence-electron chi connectivity index (χ2n) is 4.87. The molecule has 0 aliphatic heterocycles. The van der Waals surface area contributed by atoms with Crippen molar-refractivity contribution in [3.63, 3.8) is 0 Å². The topological polar surface area (TPSA) is 89.6 Å². The summed E-state index contributed by atoms with van der Waals surface area (Å²) in [4.78, 5) is 27.6. The van der Waals surface area contributed by atoms with E-state index in [1.54, 1.807) is 49.7 Å². The number of pyridine rings is 1. The Hall–Kier alpha value is -2.93. The van der Waals surface area contributed by atoms with E-state index in [2.05, 4.69) is 20.4 Å². The van der Waals surface area contributed by atoms with Gasteiger partial charge < -0.3 is 20.1 Å². The van der Waals surface area contributed by atoms with Gasteiger partial charge in [-0.3, -0.25) is 4.79 Å². The van der Waals surface area contributed by atoms with Gasteiger partial charge in [0.1, 0.15) is 5.69 Å². The Balaban J connectivity index is 1.95. The summed E-state index contributed by atoms with van der Waals surface area (Å²) in [6.45, 7) is 1.25. The van der Waals surface area contributed by atoms with Crippen LogP contribution in [0.25, 0.3) is 0 Å². The molecule has 0 radical (unpaired) electrons. The van der Waals surface area contributed by atoms with Gasteiger partial charge in [0.2, 0.25) is 0 Å². The van der Waals surface area contributed by atoms with E-state index in [9.17, 15) is 9.59 Å². The third-order valence-corrected chi connectivity index (χ3v) is 3.20. The molecule has 1 amide bonds. The van der Waals surface area contributed by atoms with Gasteiger partial charge in [0.25, 0.3) is 5.91 Å². The fraction of sp³-hybridized carbons (Fsp3) is 0.235.